The number of aliphatic carboxylic acids is 1. The fourth-order valence-electron chi connectivity index (χ4n) is 2.41. The van der Waals surface area contributed by atoms with Gasteiger partial charge in [-0.2, -0.15) is 0 Å². The SMILES string of the molecule is CCC(c1cccc2ccccc12)C(N)C(=O)O. The third-order valence-electron chi connectivity index (χ3n) is 3.38. The number of hydrogen-bond acceptors (Lipinski definition) is 2. The molecule has 3 heteroatoms. The Morgan fingerprint density at radius 2 is 1.89 bits per heavy atom. The number of carboxylic acid groups (broad SMARTS) is 1. The zero-order chi connectivity index (χ0) is 13.1. The van der Waals surface area contributed by atoms with Gasteiger partial charge < -0.3 is 10.8 Å². The molecule has 0 aliphatic rings. The van der Waals surface area contributed by atoms with E-state index in [2.05, 4.69) is 0 Å². The predicted molar refractivity (Wildman–Crippen MR) is 72.6 cm³/mol. The van der Waals surface area contributed by atoms with Gasteiger partial charge in [-0.15, -0.1) is 0 Å². The molecule has 0 spiro atoms. The molecule has 0 radical (unpaired) electrons. The summed E-state index contributed by atoms with van der Waals surface area (Å²) in [5, 5.41) is 11.3. The van der Waals surface area contributed by atoms with Gasteiger partial charge in [0.05, 0.1) is 0 Å². The van der Waals surface area contributed by atoms with Crippen molar-refractivity contribution in [3.8, 4) is 0 Å². The molecule has 0 heterocycles. The van der Waals surface area contributed by atoms with E-state index in [9.17, 15) is 4.79 Å². The van der Waals surface area contributed by atoms with Gasteiger partial charge in [0.1, 0.15) is 6.04 Å². The first-order chi connectivity index (χ1) is 8.65. The summed E-state index contributed by atoms with van der Waals surface area (Å²) in [5.41, 5.74) is 6.81. The van der Waals surface area contributed by atoms with E-state index in [4.69, 9.17) is 10.8 Å². The Kier molecular flexibility index (Phi) is 3.63. The minimum Gasteiger partial charge on any atom is -0.480 e. The van der Waals surface area contributed by atoms with Gasteiger partial charge in [0.15, 0.2) is 0 Å². The second-order valence-corrected chi connectivity index (χ2v) is 4.45. The number of nitrogens with two attached hydrogens (primary N) is 1. The Labute approximate surface area is 106 Å². The average molecular weight is 243 g/mol. The molecule has 0 aliphatic carbocycles. The molecule has 3 N–H and O–H groups in total. The van der Waals surface area contributed by atoms with E-state index in [0.29, 0.717) is 6.42 Å². The molecule has 2 aromatic rings. The van der Waals surface area contributed by atoms with Crippen LogP contribution in [0.25, 0.3) is 10.8 Å². The lowest BCUT2D eigenvalue weighted by Crippen LogP contribution is -2.36. The Morgan fingerprint density at radius 3 is 2.56 bits per heavy atom. The van der Waals surface area contributed by atoms with Crippen molar-refractivity contribution >= 4 is 16.7 Å². The minimum absolute atomic E-state index is 0.159. The molecule has 2 aromatic carbocycles. The van der Waals surface area contributed by atoms with Crippen LogP contribution in [0.1, 0.15) is 24.8 Å². The minimum atomic E-state index is -0.949. The van der Waals surface area contributed by atoms with Crippen molar-refractivity contribution in [2.75, 3.05) is 0 Å². The van der Waals surface area contributed by atoms with Gasteiger partial charge in [-0.3, -0.25) is 4.79 Å². The number of carboxylic acids is 1. The van der Waals surface area contributed by atoms with Crippen LogP contribution in [-0.2, 0) is 4.79 Å². The van der Waals surface area contributed by atoms with E-state index in [1.54, 1.807) is 0 Å². The molecule has 0 saturated carbocycles. The Bertz CT molecular complexity index is 560. The van der Waals surface area contributed by atoms with Crippen LogP contribution in [0.3, 0.4) is 0 Å². The van der Waals surface area contributed by atoms with E-state index in [-0.39, 0.29) is 5.92 Å². The Morgan fingerprint density at radius 1 is 1.22 bits per heavy atom. The molecule has 0 fully saturated rings. The standard InChI is InChI=1S/C15H17NO2/c1-2-11(14(16)15(17)18)13-9-5-7-10-6-3-4-8-12(10)13/h3-9,11,14H,2,16H2,1H3,(H,17,18). The maximum Gasteiger partial charge on any atom is 0.321 e. The van der Waals surface area contributed by atoms with Crippen LogP contribution in [-0.4, -0.2) is 17.1 Å². The van der Waals surface area contributed by atoms with Gasteiger partial charge in [-0.25, -0.2) is 0 Å². The van der Waals surface area contributed by atoms with Gasteiger partial charge in [0.2, 0.25) is 0 Å². The molecule has 0 bridgehead atoms. The average Bonchev–Trinajstić information content (AvgIpc) is 2.39. The molecule has 94 valence electrons. The normalized spacial score (nSPS) is 14.3. The van der Waals surface area contributed by atoms with E-state index in [1.807, 2.05) is 49.4 Å². The molecule has 3 nitrogen and oxygen atoms in total. The lowest BCUT2D eigenvalue weighted by molar-refractivity contribution is -0.139. The fraction of sp³-hybridized carbons (Fsp3) is 0.267. The van der Waals surface area contributed by atoms with Crippen LogP contribution in [0.5, 0.6) is 0 Å². The first-order valence-electron chi connectivity index (χ1n) is 6.11. The highest BCUT2D eigenvalue weighted by atomic mass is 16.4. The molecular weight excluding hydrogens is 226 g/mol. The topological polar surface area (TPSA) is 63.3 Å². The highest BCUT2D eigenvalue weighted by Gasteiger charge is 2.25. The highest BCUT2D eigenvalue weighted by molar-refractivity contribution is 5.87. The van der Waals surface area contributed by atoms with Crippen molar-refractivity contribution in [1.82, 2.24) is 0 Å². The fourth-order valence-corrected chi connectivity index (χ4v) is 2.41. The maximum atomic E-state index is 11.1. The van der Waals surface area contributed by atoms with E-state index in [0.717, 1.165) is 16.3 Å². The quantitative estimate of drug-likeness (QED) is 0.867. The lowest BCUT2D eigenvalue weighted by Gasteiger charge is -2.21. The smallest absolute Gasteiger partial charge is 0.321 e. The third-order valence-corrected chi connectivity index (χ3v) is 3.38. The van der Waals surface area contributed by atoms with Crippen LogP contribution < -0.4 is 5.73 Å². The molecule has 18 heavy (non-hydrogen) atoms. The first-order valence-corrected chi connectivity index (χ1v) is 6.11. The Balaban J connectivity index is 2.55. The third kappa shape index (κ3) is 2.22. The summed E-state index contributed by atoms with van der Waals surface area (Å²) in [7, 11) is 0. The molecule has 2 atom stereocenters. The number of rotatable bonds is 4. The van der Waals surface area contributed by atoms with Gasteiger partial charge in [0.25, 0.3) is 0 Å². The summed E-state index contributed by atoms with van der Waals surface area (Å²) >= 11 is 0. The summed E-state index contributed by atoms with van der Waals surface area (Å²) in [6.45, 7) is 1.97. The molecule has 2 unspecified atom stereocenters. The highest BCUT2D eigenvalue weighted by Crippen LogP contribution is 2.29. The molecule has 0 aliphatic heterocycles. The second-order valence-electron chi connectivity index (χ2n) is 4.45. The zero-order valence-electron chi connectivity index (χ0n) is 10.3. The second kappa shape index (κ2) is 5.19. The van der Waals surface area contributed by atoms with Crippen molar-refractivity contribution in [3.05, 3.63) is 48.0 Å². The van der Waals surface area contributed by atoms with Crippen LogP contribution >= 0.6 is 0 Å². The van der Waals surface area contributed by atoms with Crippen molar-refractivity contribution in [1.29, 1.82) is 0 Å². The number of carbonyl (C=O) groups is 1. The maximum absolute atomic E-state index is 11.1. The van der Waals surface area contributed by atoms with Crippen molar-refractivity contribution in [2.45, 2.75) is 25.3 Å². The predicted octanol–water partition coefficient (Wildman–Crippen LogP) is 2.75. The van der Waals surface area contributed by atoms with E-state index in [1.165, 1.54) is 0 Å². The molecule has 2 rings (SSSR count). The van der Waals surface area contributed by atoms with Gasteiger partial charge in [-0.05, 0) is 22.8 Å². The number of hydrogen-bond donors (Lipinski definition) is 2. The largest absolute Gasteiger partial charge is 0.480 e. The lowest BCUT2D eigenvalue weighted by atomic mass is 9.86. The summed E-state index contributed by atoms with van der Waals surface area (Å²) in [4.78, 5) is 11.1. The van der Waals surface area contributed by atoms with E-state index >= 15 is 0 Å². The Hall–Kier alpha value is -1.87. The zero-order valence-corrected chi connectivity index (χ0v) is 10.3. The van der Waals surface area contributed by atoms with Crippen molar-refractivity contribution in [3.63, 3.8) is 0 Å². The van der Waals surface area contributed by atoms with Crippen LogP contribution in [0.15, 0.2) is 42.5 Å². The van der Waals surface area contributed by atoms with Gasteiger partial charge in [-0.1, -0.05) is 49.4 Å². The van der Waals surface area contributed by atoms with Gasteiger partial charge in [0, 0.05) is 5.92 Å². The van der Waals surface area contributed by atoms with Crippen molar-refractivity contribution < 1.29 is 9.90 Å². The summed E-state index contributed by atoms with van der Waals surface area (Å²) in [5.74, 6) is -1.11. The number of fused-ring (bicyclic) bond motifs is 1. The molecule has 0 aromatic heterocycles. The monoisotopic (exact) mass is 243 g/mol. The number of benzene rings is 2. The van der Waals surface area contributed by atoms with Crippen LogP contribution in [0.2, 0.25) is 0 Å². The summed E-state index contributed by atoms with van der Waals surface area (Å²) < 4.78 is 0. The summed E-state index contributed by atoms with van der Waals surface area (Å²) in [6, 6.07) is 13.1. The molecule has 0 amide bonds. The first kappa shape index (κ1) is 12.6. The summed E-state index contributed by atoms with van der Waals surface area (Å²) in [6.07, 6.45) is 0.710. The van der Waals surface area contributed by atoms with Crippen molar-refractivity contribution in [2.24, 2.45) is 5.73 Å². The molecule has 0 saturated heterocycles. The molecular formula is C15H17NO2. The van der Waals surface area contributed by atoms with Gasteiger partial charge >= 0.3 is 5.97 Å². The van der Waals surface area contributed by atoms with E-state index < -0.39 is 12.0 Å². The van der Waals surface area contributed by atoms with Crippen LogP contribution in [0, 0.1) is 0 Å². The van der Waals surface area contributed by atoms with Crippen LogP contribution in [0.4, 0.5) is 0 Å².